The van der Waals surface area contributed by atoms with Gasteiger partial charge in [-0.15, -0.1) is 0 Å². The molecule has 0 saturated heterocycles. The van der Waals surface area contributed by atoms with Gasteiger partial charge < -0.3 is 15.2 Å². The van der Waals surface area contributed by atoms with Crippen LogP contribution in [0.2, 0.25) is 0 Å². The van der Waals surface area contributed by atoms with Crippen LogP contribution in [-0.2, 0) is 0 Å². The number of hydrogen-bond acceptors (Lipinski definition) is 4. The predicted octanol–water partition coefficient (Wildman–Crippen LogP) is 2.99. The van der Waals surface area contributed by atoms with E-state index in [9.17, 15) is 13.9 Å². The van der Waals surface area contributed by atoms with Crippen LogP contribution in [0.3, 0.4) is 0 Å². The van der Waals surface area contributed by atoms with E-state index in [2.05, 4.69) is 5.32 Å². The summed E-state index contributed by atoms with van der Waals surface area (Å²) in [6.45, 7) is -0.111. The highest BCUT2D eigenvalue weighted by Gasteiger charge is 2.16. The molecule has 1 atom stereocenters. The number of nitriles is 1. The van der Waals surface area contributed by atoms with E-state index in [0.29, 0.717) is 11.3 Å². The van der Waals surface area contributed by atoms with Gasteiger partial charge in [0.2, 0.25) is 0 Å². The van der Waals surface area contributed by atoms with Gasteiger partial charge in [-0.05, 0) is 18.2 Å². The van der Waals surface area contributed by atoms with Gasteiger partial charge in [-0.3, -0.25) is 0 Å². The minimum atomic E-state index is -1.01. The second-order valence-corrected chi connectivity index (χ2v) is 4.57. The number of benzene rings is 2. The SMILES string of the molecule is COc1ccccc1[C@@H](O)CNc1c(F)cc(C#N)cc1F. The molecule has 0 aliphatic heterocycles. The van der Waals surface area contributed by atoms with Crippen molar-refractivity contribution in [3.05, 3.63) is 59.2 Å². The van der Waals surface area contributed by atoms with Gasteiger partial charge in [0.05, 0.1) is 24.8 Å². The molecular weight excluding hydrogens is 290 g/mol. The molecule has 0 aliphatic rings. The van der Waals surface area contributed by atoms with E-state index in [1.807, 2.05) is 0 Å². The number of rotatable bonds is 5. The number of ether oxygens (including phenoxy) is 1. The van der Waals surface area contributed by atoms with Gasteiger partial charge >= 0.3 is 0 Å². The highest BCUT2D eigenvalue weighted by atomic mass is 19.1. The fourth-order valence-corrected chi connectivity index (χ4v) is 2.06. The number of hydrogen-bond donors (Lipinski definition) is 2. The number of anilines is 1. The van der Waals surface area contributed by atoms with Crippen molar-refractivity contribution >= 4 is 5.69 Å². The van der Waals surface area contributed by atoms with Crippen molar-refractivity contribution in [2.24, 2.45) is 0 Å². The molecule has 0 aromatic heterocycles. The lowest BCUT2D eigenvalue weighted by molar-refractivity contribution is 0.186. The van der Waals surface area contributed by atoms with Crippen LogP contribution >= 0.6 is 0 Å². The summed E-state index contributed by atoms with van der Waals surface area (Å²) in [7, 11) is 1.47. The van der Waals surface area contributed by atoms with Gasteiger partial charge in [0.25, 0.3) is 0 Å². The molecular formula is C16H14F2N2O2. The number of halogens is 2. The van der Waals surface area contributed by atoms with E-state index in [-0.39, 0.29) is 17.8 Å². The van der Waals surface area contributed by atoms with Gasteiger partial charge in [-0.2, -0.15) is 5.26 Å². The van der Waals surface area contributed by atoms with Crippen LogP contribution in [0.25, 0.3) is 0 Å². The van der Waals surface area contributed by atoms with Gasteiger partial charge in [0.15, 0.2) is 11.6 Å². The molecule has 0 amide bonds. The second kappa shape index (κ2) is 6.87. The first-order valence-electron chi connectivity index (χ1n) is 6.50. The molecule has 114 valence electrons. The van der Waals surface area contributed by atoms with Crippen molar-refractivity contribution in [1.29, 1.82) is 5.26 Å². The zero-order valence-corrected chi connectivity index (χ0v) is 11.8. The number of nitrogens with zero attached hydrogens (tertiary/aromatic N) is 1. The van der Waals surface area contributed by atoms with Crippen molar-refractivity contribution in [3.8, 4) is 11.8 Å². The third-order valence-corrected chi connectivity index (χ3v) is 3.14. The Labute approximate surface area is 126 Å². The number of methoxy groups -OCH3 is 1. The maximum atomic E-state index is 13.7. The largest absolute Gasteiger partial charge is 0.496 e. The minimum absolute atomic E-state index is 0.106. The minimum Gasteiger partial charge on any atom is -0.496 e. The summed E-state index contributed by atoms with van der Waals surface area (Å²) >= 11 is 0. The number of para-hydroxylation sites is 1. The molecule has 0 aliphatic carbocycles. The van der Waals surface area contributed by atoms with Crippen LogP contribution in [0.1, 0.15) is 17.2 Å². The molecule has 2 aromatic rings. The fraction of sp³-hybridized carbons (Fsp3) is 0.188. The van der Waals surface area contributed by atoms with Crippen molar-refractivity contribution < 1.29 is 18.6 Å². The summed E-state index contributed by atoms with van der Waals surface area (Å²) < 4.78 is 32.6. The van der Waals surface area contributed by atoms with Gasteiger partial charge in [0.1, 0.15) is 11.4 Å². The Balaban J connectivity index is 2.15. The number of aliphatic hydroxyl groups is 1. The van der Waals surface area contributed by atoms with E-state index < -0.39 is 17.7 Å². The molecule has 0 spiro atoms. The van der Waals surface area contributed by atoms with Gasteiger partial charge in [0, 0.05) is 12.1 Å². The third-order valence-electron chi connectivity index (χ3n) is 3.14. The normalized spacial score (nSPS) is 11.6. The van der Waals surface area contributed by atoms with E-state index in [1.165, 1.54) is 7.11 Å². The van der Waals surface area contributed by atoms with Gasteiger partial charge in [-0.25, -0.2) is 8.78 Å². The quantitative estimate of drug-likeness (QED) is 0.891. The van der Waals surface area contributed by atoms with E-state index in [4.69, 9.17) is 10.00 Å². The van der Waals surface area contributed by atoms with Crippen LogP contribution in [0.15, 0.2) is 36.4 Å². The standard InChI is InChI=1S/C16H14F2N2O2/c1-22-15-5-3-2-4-11(15)14(21)9-20-16-12(17)6-10(8-19)7-13(16)18/h2-7,14,20-21H,9H2,1H3/t14-/m0/s1. The molecule has 2 N–H and O–H groups in total. The Bertz CT molecular complexity index is 691. The first kappa shape index (κ1) is 15.7. The van der Waals surface area contributed by atoms with Crippen molar-refractivity contribution in [1.82, 2.24) is 0 Å². The smallest absolute Gasteiger partial charge is 0.150 e. The zero-order valence-electron chi connectivity index (χ0n) is 11.8. The third kappa shape index (κ3) is 3.32. The summed E-state index contributed by atoms with van der Waals surface area (Å²) in [4.78, 5) is 0. The summed E-state index contributed by atoms with van der Waals surface area (Å²) in [6, 6.07) is 10.4. The topological polar surface area (TPSA) is 65.3 Å². The molecule has 0 fully saturated rings. The second-order valence-electron chi connectivity index (χ2n) is 4.57. The highest BCUT2D eigenvalue weighted by molar-refractivity contribution is 5.50. The summed E-state index contributed by atoms with van der Waals surface area (Å²) in [5.74, 6) is -1.29. The Morgan fingerprint density at radius 3 is 2.50 bits per heavy atom. The van der Waals surface area contributed by atoms with Crippen molar-refractivity contribution in [3.63, 3.8) is 0 Å². The summed E-state index contributed by atoms with van der Waals surface area (Å²) in [5.41, 5.74) is 0.0192. The van der Waals surface area contributed by atoms with Crippen LogP contribution in [0.4, 0.5) is 14.5 Å². The molecule has 0 heterocycles. The fourth-order valence-electron chi connectivity index (χ4n) is 2.06. The summed E-state index contributed by atoms with van der Waals surface area (Å²) in [5, 5.41) is 21.3. The zero-order chi connectivity index (χ0) is 16.1. The van der Waals surface area contributed by atoms with Crippen LogP contribution in [-0.4, -0.2) is 18.8 Å². The number of aliphatic hydroxyl groups excluding tert-OH is 1. The first-order valence-corrected chi connectivity index (χ1v) is 6.50. The van der Waals surface area contributed by atoms with Crippen LogP contribution < -0.4 is 10.1 Å². The Morgan fingerprint density at radius 2 is 1.91 bits per heavy atom. The number of nitrogens with one attached hydrogen (secondary N) is 1. The van der Waals surface area contributed by atoms with Crippen molar-refractivity contribution in [2.45, 2.75) is 6.10 Å². The Kier molecular flexibility index (Phi) is 4.92. The van der Waals surface area contributed by atoms with E-state index in [0.717, 1.165) is 12.1 Å². The van der Waals surface area contributed by atoms with Crippen LogP contribution in [0.5, 0.6) is 5.75 Å². The molecule has 4 nitrogen and oxygen atoms in total. The average Bonchev–Trinajstić information content (AvgIpc) is 2.53. The highest BCUT2D eigenvalue weighted by Crippen LogP contribution is 2.26. The molecule has 6 heteroatoms. The molecule has 0 saturated carbocycles. The summed E-state index contributed by atoms with van der Waals surface area (Å²) in [6.07, 6.45) is -1.01. The van der Waals surface area contributed by atoms with Gasteiger partial charge in [-0.1, -0.05) is 18.2 Å². The first-order chi connectivity index (χ1) is 10.6. The lowest BCUT2D eigenvalue weighted by Gasteiger charge is -2.16. The van der Waals surface area contributed by atoms with Crippen molar-refractivity contribution in [2.75, 3.05) is 19.0 Å². The van der Waals surface area contributed by atoms with Crippen LogP contribution in [0, 0.1) is 23.0 Å². The molecule has 22 heavy (non-hydrogen) atoms. The maximum absolute atomic E-state index is 13.7. The van der Waals surface area contributed by atoms with E-state index >= 15 is 0 Å². The molecule has 2 aromatic carbocycles. The Morgan fingerprint density at radius 1 is 1.27 bits per heavy atom. The molecule has 0 bridgehead atoms. The molecule has 2 rings (SSSR count). The molecule has 0 unspecified atom stereocenters. The maximum Gasteiger partial charge on any atom is 0.150 e. The Hall–Kier alpha value is -2.65. The lowest BCUT2D eigenvalue weighted by Crippen LogP contribution is -2.15. The molecule has 0 radical (unpaired) electrons. The van der Waals surface area contributed by atoms with E-state index in [1.54, 1.807) is 30.3 Å². The average molecular weight is 304 g/mol. The monoisotopic (exact) mass is 304 g/mol. The predicted molar refractivity (Wildman–Crippen MR) is 77.5 cm³/mol. The lowest BCUT2D eigenvalue weighted by atomic mass is 10.1.